The summed E-state index contributed by atoms with van der Waals surface area (Å²) in [5.74, 6) is 0.133. The van der Waals surface area contributed by atoms with Gasteiger partial charge in [-0.05, 0) is 58.2 Å². The Morgan fingerprint density at radius 2 is 1.94 bits per heavy atom. The van der Waals surface area contributed by atoms with E-state index in [4.69, 9.17) is 5.73 Å². The zero-order valence-corrected chi connectivity index (χ0v) is 10.7. The van der Waals surface area contributed by atoms with E-state index in [-0.39, 0.29) is 11.4 Å². The molecule has 17 heavy (non-hydrogen) atoms. The number of nitrogens with one attached hydrogen (secondary N) is 1. The number of hydrogen-bond acceptors (Lipinski definition) is 3. The van der Waals surface area contributed by atoms with Crippen LogP contribution in [0.1, 0.15) is 44.9 Å². The van der Waals surface area contributed by atoms with Crippen molar-refractivity contribution in [3.05, 3.63) is 0 Å². The third-order valence-electron chi connectivity index (χ3n) is 4.03. The molecule has 2 aliphatic rings. The Bertz CT molecular complexity index is 257. The third-order valence-corrected chi connectivity index (χ3v) is 4.03. The minimum atomic E-state index is -0.182. The van der Waals surface area contributed by atoms with Crippen molar-refractivity contribution in [2.24, 2.45) is 5.73 Å². The van der Waals surface area contributed by atoms with Crippen LogP contribution in [-0.2, 0) is 4.79 Å². The maximum atomic E-state index is 11.6. The standard InChI is InChI=1S/C13H25N3O/c14-13(5-3-6-13)11-12(17)15-7-4-10-16-8-1-2-9-16/h1-11,14H2,(H,15,17). The molecule has 0 unspecified atom stereocenters. The van der Waals surface area contributed by atoms with Gasteiger partial charge >= 0.3 is 0 Å². The van der Waals surface area contributed by atoms with E-state index >= 15 is 0 Å². The summed E-state index contributed by atoms with van der Waals surface area (Å²) >= 11 is 0. The van der Waals surface area contributed by atoms with Crippen LogP contribution in [0.4, 0.5) is 0 Å². The lowest BCUT2D eigenvalue weighted by Crippen LogP contribution is -2.50. The predicted molar refractivity (Wildman–Crippen MR) is 68.7 cm³/mol. The molecule has 0 aromatic carbocycles. The summed E-state index contributed by atoms with van der Waals surface area (Å²) in [4.78, 5) is 14.1. The normalized spacial score (nSPS) is 23.4. The monoisotopic (exact) mass is 239 g/mol. The molecule has 0 spiro atoms. The minimum Gasteiger partial charge on any atom is -0.356 e. The molecular formula is C13H25N3O. The number of likely N-dealkylation sites (tertiary alicyclic amines) is 1. The van der Waals surface area contributed by atoms with E-state index in [1.165, 1.54) is 32.4 Å². The lowest BCUT2D eigenvalue weighted by Gasteiger charge is -2.37. The van der Waals surface area contributed by atoms with Crippen molar-refractivity contribution in [2.75, 3.05) is 26.2 Å². The van der Waals surface area contributed by atoms with Crippen LogP contribution in [0.15, 0.2) is 0 Å². The van der Waals surface area contributed by atoms with Crippen molar-refractivity contribution in [1.82, 2.24) is 10.2 Å². The van der Waals surface area contributed by atoms with Gasteiger partial charge < -0.3 is 16.0 Å². The Morgan fingerprint density at radius 3 is 2.53 bits per heavy atom. The van der Waals surface area contributed by atoms with E-state index < -0.39 is 0 Å². The summed E-state index contributed by atoms with van der Waals surface area (Å²) in [6, 6.07) is 0. The first-order valence-electron chi connectivity index (χ1n) is 6.96. The average molecular weight is 239 g/mol. The zero-order chi connectivity index (χ0) is 12.1. The first kappa shape index (κ1) is 12.8. The van der Waals surface area contributed by atoms with Gasteiger partial charge in [0, 0.05) is 18.5 Å². The highest BCUT2D eigenvalue weighted by atomic mass is 16.1. The van der Waals surface area contributed by atoms with E-state index in [0.29, 0.717) is 6.42 Å². The van der Waals surface area contributed by atoms with Crippen molar-refractivity contribution in [3.8, 4) is 0 Å². The lowest BCUT2D eigenvalue weighted by molar-refractivity contribution is -0.123. The maximum absolute atomic E-state index is 11.6. The van der Waals surface area contributed by atoms with Gasteiger partial charge in [-0.2, -0.15) is 0 Å². The van der Waals surface area contributed by atoms with E-state index in [1.54, 1.807) is 0 Å². The summed E-state index contributed by atoms with van der Waals surface area (Å²) in [5.41, 5.74) is 5.86. The molecular weight excluding hydrogens is 214 g/mol. The average Bonchev–Trinajstić information content (AvgIpc) is 2.75. The molecule has 4 nitrogen and oxygen atoms in total. The Labute approximate surface area is 104 Å². The molecule has 3 N–H and O–H groups in total. The molecule has 2 fully saturated rings. The van der Waals surface area contributed by atoms with Gasteiger partial charge in [0.2, 0.25) is 5.91 Å². The zero-order valence-electron chi connectivity index (χ0n) is 10.7. The van der Waals surface area contributed by atoms with E-state index in [1.807, 2.05) is 0 Å². The van der Waals surface area contributed by atoms with Crippen LogP contribution < -0.4 is 11.1 Å². The predicted octanol–water partition coefficient (Wildman–Crippen LogP) is 0.860. The highest BCUT2D eigenvalue weighted by molar-refractivity contribution is 5.77. The molecule has 1 heterocycles. The Morgan fingerprint density at radius 1 is 1.24 bits per heavy atom. The number of hydrogen-bond donors (Lipinski definition) is 2. The SMILES string of the molecule is NC1(CC(=O)NCCCN2CCCC2)CCC1. The fourth-order valence-corrected chi connectivity index (χ4v) is 2.73. The lowest BCUT2D eigenvalue weighted by atomic mass is 9.75. The summed E-state index contributed by atoms with van der Waals surface area (Å²) in [5, 5.41) is 2.99. The number of nitrogens with two attached hydrogens (primary N) is 1. The van der Waals surface area contributed by atoms with E-state index in [9.17, 15) is 4.79 Å². The second-order valence-electron chi connectivity index (χ2n) is 5.64. The van der Waals surface area contributed by atoms with Gasteiger partial charge in [0.15, 0.2) is 0 Å². The highest BCUT2D eigenvalue weighted by Gasteiger charge is 2.34. The smallest absolute Gasteiger partial charge is 0.221 e. The van der Waals surface area contributed by atoms with Crippen LogP contribution in [0.5, 0.6) is 0 Å². The van der Waals surface area contributed by atoms with Crippen molar-refractivity contribution in [2.45, 2.75) is 50.5 Å². The molecule has 0 atom stereocenters. The van der Waals surface area contributed by atoms with Crippen LogP contribution in [0, 0.1) is 0 Å². The number of amides is 1. The fourth-order valence-electron chi connectivity index (χ4n) is 2.73. The Hall–Kier alpha value is -0.610. The molecule has 0 aromatic rings. The summed E-state index contributed by atoms with van der Waals surface area (Å²) in [7, 11) is 0. The van der Waals surface area contributed by atoms with Crippen LogP contribution in [0.25, 0.3) is 0 Å². The molecule has 0 aromatic heterocycles. The Kier molecular flexibility index (Phi) is 4.40. The van der Waals surface area contributed by atoms with Gasteiger partial charge in [-0.25, -0.2) is 0 Å². The van der Waals surface area contributed by atoms with Gasteiger partial charge in [0.25, 0.3) is 0 Å². The van der Waals surface area contributed by atoms with Crippen LogP contribution >= 0.6 is 0 Å². The maximum Gasteiger partial charge on any atom is 0.221 e. The first-order valence-corrected chi connectivity index (χ1v) is 6.96. The summed E-state index contributed by atoms with van der Waals surface area (Å²) in [6.45, 7) is 4.39. The van der Waals surface area contributed by atoms with Crippen LogP contribution in [-0.4, -0.2) is 42.5 Å². The molecule has 4 heteroatoms. The van der Waals surface area contributed by atoms with Crippen molar-refractivity contribution in [1.29, 1.82) is 0 Å². The summed E-state index contributed by atoms with van der Waals surface area (Å²) in [6.07, 6.45) is 7.44. The number of carbonyl (C=O) groups excluding carboxylic acids is 1. The van der Waals surface area contributed by atoms with Gasteiger partial charge in [-0.1, -0.05) is 0 Å². The van der Waals surface area contributed by atoms with Gasteiger partial charge in [-0.3, -0.25) is 4.79 Å². The van der Waals surface area contributed by atoms with Crippen LogP contribution in [0.2, 0.25) is 0 Å². The number of nitrogens with zero attached hydrogens (tertiary/aromatic N) is 1. The quantitative estimate of drug-likeness (QED) is 0.676. The van der Waals surface area contributed by atoms with E-state index in [2.05, 4.69) is 10.2 Å². The first-order chi connectivity index (χ1) is 8.18. The molecule has 0 radical (unpaired) electrons. The molecule has 1 saturated carbocycles. The fraction of sp³-hybridized carbons (Fsp3) is 0.923. The van der Waals surface area contributed by atoms with Gasteiger partial charge in [0.05, 0.1) is 0 Å². The molecule has 98 valence electrons. The largest absolute Gasteiger partial charge is 0.356 e. The van der Waals surface area contributed by atoms with Crippen LogP contribution in [0.3, 0.4) is 0 Å². The summed E-state index contributed by atoms with van der Waals surface area (Å²) < 4.78 is 0. The Balaban J connectivity index is 1.50. The van der Waals surface area contributed by atoms with E-state index in [0.717, 1.165) is 32.4 Å². The minimum absolute atomic E-state index is 0.133. The van der Waals surface area contributed by atoms with Gasteiger partial charge in [0.1, 0.15) is 0 Å². The van der Waals surface area contributed by atoms with Crippen molar-refractivity contribution < 1.29 is 4.79 Å². The topological polar surface area (TPSA) is 58.4 Å². The molecule has 0 bridgehead atoms. The highest BCUT2D eigenvalue weighted by Crippen LogP contribution is 2.31. The molecule has 2 rings (SSSR count). The molecule has 1 saturated heterocycles. The van der Waals surface area contributed by atoms with Crippen molar-refractivity contribution >= 4 is 5.91 Å². The molecule has 1 amide bonds. The molecule has 1 aliphatic carbocycles. The molecule has 1 aliphatic heterocycles. The van der Waals surface area contributed by atoms with Crippen molar-refractivity contribution in [3.63, 3.8) is 0 Å². The second-order valence-corrected chi connectivity index (χ2v) is 5.64. The number of rotatable bonds is 6. The van der Waals surface area contributed by atoms with Gasteiger partial charge in [-0.15, -0.1) is 0 Å². The second kappa shape index (κ2) is 5.83. The third kappa shape index (κ3) is 3.96. The number of carbonyl (C=O) groups is 1.